The van der Waals surface area contributed by atoms with E-state index in [9.17, 15) is 13.2 Å². The number of carbonyl (C=O) groups excluding carboxylic acids is 1. The molecule has 0 aliphatic carbocycles. The highest BCUT2D eigenvalue weighted by atomic mass is 32.2. The molecule has 0 atom stereocenters. The molecule has 9 nitrogen and oxygen atoms in total. The summed E-state index contributed by atoms with van der Waals surface area (Å²) in [6.45, 7) is 2.67. The fraction of sp³-hybridized carbons (Fsp3) is 0.389. The van der Waals surface area contributed by atoms with Gasteiger partial charge in [-0.15, -0.1) is 0 Å². The first-order valence-corrected chi connectivity index (χ1v) is 10.1. The number of carbonyl (C=O) groups is 1. The van der Waals surface area contributed by atoms with Crippen LogP contribution >= 0.6 is 0 Å². The van der Waals surface area contributed by atoms with E-state index in [2.05, 4.69) is 9.97 Å². The van der Waals surface area contributed by atoms with Gasteiger partial charge in [-0.3, -0.25) is 9.78 Å². The maximum Gasteiger partial charge on any atom is 0.274 e. The molecule has 1 aromatic carbocycles. The number of nitrogens with zero attached hydrogens (tertiary/aromatic N) is 4. The number of methoxy groups -OCH3 is 2. The molecule has 1 aliphatic heterocycles. The van der Waals surface area contributed by atoms with E-state index in [1.807, 2.05) is 0 Å². The fourth-order valence-electron chi connectivity index (χ4n) is 2.92. The molecule has 1 aliphatic rings. The number of rotatable bonds is 5. The summed E-state index contributed by atoms with van der Waals surface area (Å²) in [4.78, 5) is 22.3. The molecule has 1 amide bonds. The highest BCUT2D eigenvalue weighted by Gasteiger charge is 2.33. The van der Waals surface area contributed by atoms with E-state index in [0.717, 1.165) is 5.69 Å². The van der Waals surface area contributed by atoms with E-state index in [-0.39, 0.29) is 48.4 Å². The van der Waals surface area contributed by atoms with Gasteiger partial charge in [0.2, 0.25) is 10.0 Å². The van der Waals surface area contributed by atoms with E-state index >= 15 is 0 Å². The molecule has 0 unspecified atom stereocenters. The summed E-state index contributed by atoms with van der Waals surface area (Å²) in [5, 5.41) is 0. The lowest BCUT2D eigenvalue weighted by atomic mass is 10.3. The first-order chi connectivity index (χ1) is 13.4. The van der Waals surface area contributed by atoms with E-state index in [1.165, 1.54) is 37.0 Å². The molecule has 28 heavy (non-hydrogen) atoms. The third-order valence-electron chi connectivity index (χ3n) is 4.51. The van der Waals surface area contributed by atoms with Gasteiger partial charge in [0.05, 0.1) is 26.1 Å². The fourth-order valence-corrected chi connectivity index (χ4v) is 4.51. The van der Waals surface area contributed by atoms with Gasteiger partial charge in [-0.25, -0.2) is 13.4 Å². The lowest BCUT2D eigenvalue weighted by Crippen LogP contribution is -2.50. The Morgan fingerprint density at radius 3 is 2.32 bits per heavy atom. The van der Waals surface area contributed by atoms with E-state index < -0.39 is 10.0 Å². The smallest absolute Gasteiger partial charge is 0.274 e. The van der Waals surface area contributed by atoms with Crippen LogP contribution in [0.15, 0.2) is 35.5 Å². The van der Waals surface area contributed by atoms with Gasteiger partial charge in [0.1, 0.15) is 22.1 Å². The molecule has 0 bridgehead atoms. The molecule has 2 aromatic rings. The number of benzene rings is 1. The molecule has 0 radical (unpaired) electrons. The average Bonchev–Trinajstić information content (AvgIpc) is 2.73. The molecule has 0 spiro atoms. The highest BCUT2D eigenvalue weighted by Crippen LogP contribution is 2.31. The Labute approximate surface area is 164 Å². The summed E-state index contributed by atoms with van der Waals surface area (Å²) in [6, 6.07) is 4.63. The van der Waals surface area contributed by atoms with Gasteiger partial charge in [-0.05, 0) is 19.1 Å². The second kappa shape index (κ2) is 8.11. The van der Waals surface area contributed by atoms with Crippen LogP contribution in [-0.2, 0) is 10.0 Å². The Morgan fingerprint density at radius 1 is 1.04 bits per heavy atom. The second-order valence-corrected chi connectivity index (χ2v) is 8.16. The minimum absolute atomic E-state index is 0.0403. The summed E-state index contributed by atoms with van der Waals surface area (Å²) < 4.78 is 37.9. The Kier molecular flexibility index (Phi) is 5.80. The van der Waals surface area contributed by atoms with Crippen molar-refractivity contribution in [2.75, 3.05) is 40.4 Å². The summed E-state index contributed by atoms with van der Waals surface area (Å²) >= 11 is 0. The quantitative estimate of drug-likeness (QED) is 0.728. The topological polar surface area (TPSA) is 102 Å². The molecular formula is C18H22N4O5S. The predicted molar refractivity (Wildman–Crippen MR) is 101 cm³/mol. The standard InChI is InChI=1S/C18H22N4O5S/c1-13-11-20-15(12-19-13)18(23)21-6-8-22(9-7-21)28(24,25)17-10-14(26-2)4-5-16(17)27-3/h4-5,10-12H,6-9H2,1-3H3. The van der Waals surface area contributed by atoms with Gasteiger partial charge in [0, 0.05) is 38.4 Å². The Bertz CT molecular complexity index is 954. The van der Waals surface area contributed by atoms with Crippen LogP contribution in [0.1, 0.15) is 16.2 Å². The first kappa shape index (κ1) is 20.0. The SMILES string of the molecule is COc1ccc(OC)c(S(=O)(=O)N2CCN(C(=O)c3cnc(C)cn3)CC2)c1. The monoisotopic (exact) mass is 406 g/mol. The van der Waals surface area contributed by atoms with Crippen molar-refractivity contribution >= 4 is 15.9 Å². The van der Waals surface area contributed by atoms with Gasteiger partial charge in [0.25, 0.3) is 5.91 Å². The van der Waals surface area contributed by atoms with Crippen LogP contribution < -0.4 is 9.47 Å². The summed E-state index contributed by atoms with van der Waals surface area (Å²) in [5.41, 5.74) is 0.969. The maximum absolute atomic E-state index is 13.1. The number of hydrogen-bond donors (Lipinski definition) is 0. The number of ether oxygens (including phenoxy) is 2. The van der Waals surface area contributed by atoms with E-state index in [0.29, 0.717) is 5.75 Å². The average molecular weight is 406 g/mol. The number of aryl methyl sites for hydroxylation is 1. The normalized spacial score (nSPS) is 15.3. The first-order valence-electron chi connectivity index (χ1n) is 8.67. The van der Waals surface area contributed by atoms with Gasteiger partial charge in [0.15, 0.2) is 0 Å². The van der Waals surface area contributed by atoms with Crippen molar-refractivity contribution in [3.05, 3.63) is 42.0 Å². The Morgan fingerprint density at radius 2 is 1.75 bits per heavy atom. The largest absolute Gasteiger partial charge is 0.497 e. The molecule has 0 N–H and O–H groups in total. The molecule has 150 valence electrons. The van der Waals surface area contributed by atoms with E-state index in [4.69, 9.17) is 9.47 Å². The van der Waals surface area contributed by atoms with Crippen LogP contribution in [0.25, 0.3) is 0 Å². The van der Waals surface area contributed by atoms with Crippen LogP contribution in [0, 0.1) is 6.92 Å². The lowest BCUT2D eigenvalue weighted by molar-refractivity contribution is 0.0691. The number of amides is 1. The predicted octanol–water partition coefficient (Wildman–Crippen LogP) is 0.949. The summed E-state index contributed by atoms with van der Waals surface area (Å²) in [7, 11) is -0.909. The molecule has 1 fully saturated rings. The van der Waals surface area contributed by atoms with Gasteiger partial charge >= 0.3 is 0 Å². The van der Waals surface area contributed by atoms with E-state index in [1.54, 1.807) is 24.0 Å². The molecule has 10 heteroatoms. The Hall–Kier alpha value is -2.72. The van der Waals surface area contributed by atoms with Crippen molar-refractivity contribution < 1.29 is 22.7 Å². The third kappa shape index (κ3) is 3.92. The molecule has 3 rings (SSSR count). The van der Waals surface area contributed by atoms with Gasteiger partial charge in [-0.1, -0.05) is 0 Å². The van der Waals surface area contributed by atoms with Gasteiger partial charge in [-0.2, -0.15) is 4.31 Å². The molecule has 0 saturated carbocycles. The van der Waals surface area contributed by atoms with Gasteiger partial charge < -0.3 is 14.4 Å². The summed E-state index contributed by atoms with van der Waals surface area (Å²) in [6.07, 6.45) is 2.96. The number of piperazine rings is 1. The maximum atomic E-state index is 13.1. The highest BCUT2D eigenvalue weighted by molar-refractivity contribution is 7.89. The second-order valence-electron chi connectivity index (χ2n) is 6.26. The molecule has 2 heterocycles. The number of sulfonamides is 1. The van der Waals surface area contributed by atoms with Crippen LogP contribution in [0.2, 0.25) is 0 Å². The molecule has 1 aromatic heterocycles. The zero-order chi connectivity index (χ0) is 20.3. The van der Waals surface area contributed by atoms with Crippen molar-refractivity contribution in [3.63, 3.8) is 0 Å². The molecule has 1 saturated heterocycles. The minimum atomic E-state index is -3.79. The Balaban J connectivity index is 1.75. The van der Waals surface area contributed by atoms with Crippen molar-refractivity contribution in [3.8, 4) is 11.5 Å². The van der Waals surface area contributed by atoms with Crippen molar-refractivity contribution in [1.82, 2.24) is 19.2 Å². The molecular weight excluding hydrogens is 384 g/mol. The van der Waals surface area contributed by atoms with Crippen LogP contribution in [0.4, 0.5) is 0 Å². The third-order valence-corrected chi connectivity index (χ3v) is 6.43. The summed E-state index contributed by atoms with van der Waals surface area (Å²) in [5.74, 6) is 0.406. The van der Waals surface area contributed by atoms with Crippen LogP contribution in [0.3, 0.4) is 0 Å². The lowest BCUT2D eigenvalue weighted by Gasteiger charge is -2.34. The zero-order valence-corrected chi connectivity index (χ0v) is 16.8. The van der Waals surface area contributed by atoms with Crippen LogP contribution in [0.5, 0.6) is 11.5 Å². The van der Waals surface area contributed by atoms with Crippen molar-refractivity contribution in [1.29, 1.82) is 0 Å². The van der Waals surface area contributed by atoms with Crippen molar-refractivity contribution in [2.24, 2.45) is 0 Å². The zero-order valence-electron chi connectivity index (χ0n) is 16.0. The number of aromatic nitrogens is 2. The van der Waals surface area contributed by atoms with Crippen LogP contribution in [-0.4, -0.2) is 73.9 Å². The van der Waals surface area contributed by atoms with Crippen molar-refractivity contribution in [2.45, 2.75) is 11.8 Å². The minimum Gasteiger partial charge on any atom is -0.497 e. The number of hydrogen-bond acceptors (Lipinski definition) is 7.